The van der Waals surface area contributed by atoms with Crippen LogP contribution < -0.4 is 10.1 Å². The van der Waals surface area contributed by atoms with Crippen LogP contribution in [0.25, 0.3) is 10.7 Å². The number of benzene rings is 1. The van der Waals surface area contributed by atoms with Gasteiger partial charge in [-0.05, 0) is 29.6 Å². The van der Waals surface area contributed by atoms with Crippen molar-refractivity contribution in [3.63, 3.8) is 0 Å². The van der Waals surface area contributed by atoms with E-state index < -0.39 is 0 Å². The molecule has 0 aliphatic carbocycles. The quantitative estimate of drug-likeness (QED) is 0.683. The first kappa shape index (κ1) is 18.8. The highest BCUT2D eigenvalue weighted by atomic mass is 32.1. The Kier molecular flexibility index (Phi) is 4.93. The number of fused-ring (bicyclic) bond motifs is 1. The molecule has 1 saturated heterocycles. The van der Waals surface area contributed by atoms with Gasteiger partial charge < -0.3 is 19.5 Å². The second-order valence-corrected chi connectivity index (χ2v) is 8.05. The Bertz CT molecular complexity index is 1070. The largest absolute Gasteiger partial charge is 0.482 e. The number of carbonyl (C=O) groups is 2. The van der Waals surface area contributed by atoms with E-state index in [2.05, 4.69) is 20.4 Å². The van der Waals surface area contributed by atoms with Gasteiger partial charge in [-0.25, -0.2) is 0 Å². The minimum atomic E-state index is -0.219. The number of piperazine rings is 1. The average Bonchev–Trinajstić information content (AvgIpc) is 3.45. The summed E-state index contributed by atoms with van der Waals surface area (Å²) in [6.45, 7) is 3.19. The predicted octanol–water partition coefficient (Wildman–Crippen LogP) is 2.09. The first-order valence-corrected chi connectivity index (χ1v) is 10.5. The molecule has 0 atom stereocenters. The molecule has 0 unspecified atom stereocenters. The van der Waals surface area contributed by atoms with Crippen molar-refractivity contribution in [3.05, 3.63) is 47.2 Å². The van der Waals surface area contributed by atoms with Crippen molar-refractivity contribution in [3.8, 4) is 16.5 Å². The Balaban J connectivity index is 1.18. The summed E-state index contributed by atoms with van der Waals surface area (Å²) in [7, 11) is 0. The number of nitrogens with one attached hydrogen (secondary N) is 1. The van der Waals surface area contributed by atoms with Gasteiger partial charge in [-0.1, -0.05) is 11.2 Å². The number of carbonyl (C=O) groups excluding carboxylic acids is 2. The summed E-state index contributed by atoms with van der Waals surface area (Å²) >= 11 is 1.57. The molecule has 9 nitrogen and oxygen atoms in total. The zero-order valence-electron chi connectivity index (χ0n) is 16.0. The van der Waals surface area contributed by atoms with Crippen molar-refractivity contribution in [1.82, 2.24) is 19.9 Å². The number of rotatable bonds is 4. The molecule has 0 bridgehead atoms. The Labute approximate surface area is 176 Å². The topological polar surface area (TPSA) is 101 Å². The molecule has 4 heterocycles. The highest BCUT2D eigenvalue weighted by Crippen LogP contribution is 2.29. The van der Waals surface area contributed by atoms with Crippen LogP contribution in [0.1, 0.15) is 16.2 Å². The smallest absolute Gasteiger partial charge is 0.262 e. The van der Waals surface area contributed by atoms with Crippen LogP contribution in [0.5, 0.6) is 5.75 Å². The standard InChI is InChI=1S/C20H19N5O4S/c26-17-12-28-15-4-3-13(10-14(15)21-17)20(27)25-7-5-24(6-8-25)11-18-22-19(23-29-18)16-2-1-9-30-16/h1-4,9-10H,5-8,11-12H2,(H,21,26). The maximum absolute atomic E-state index is 12.9. The van der Waals surface area contributed by atoms with Crippen LogP contribution in [0.4, 0.5) is 5.69 Å². The maximum Gasteiger partial charge on any atom is 0.262 e. The van der Waals surface area contributed by atoms with Crippen LogP contribution in [0.2, 0.25) is 0 Å². The van der Waals surface area contributed by atoms with Crippen LogP contribution in [-0.4, -0.2) is 64.5 Å². The zero-order valence-corrected chi connectivity index (χ0v) is 16.9. The van der Waals surface area contributed by atoms with E-state index in [0.717, 1.165) is 4.88 Å². The van der Waals surface area contributed by atoms with Gasteiger partial charge in [-0.15, -0.1) is 11.3 Å². The number of aromatic nitrogens is 2. The number of amides is 2. The molecule has 5 rings (SSSR count). The van der Waals surface area contributed by atoms with E-state index in [-0.39, 0.29) is 18.4 Å². The minimum Gasteiger partial charge on any atom is -0.482 e. The summed E-state index contributed by atoms with van der Waals surface area (Å²) < 4.78 is 10.7. The number of ether oxygens (including phenoxy) is 1. The molecule has 154 valence electrons. The Morgan fingerprint density at radius 2 is 2.07 bits per heavy atom. The first-order valence-electron chi connectivity index (χ1n) is 9.60. The molecule has 0 saturated carbocycles. The van der Waals surface area contributed by atoms with E-state index in [0.29, 0.717) is 61.4 Å². The fourth-order valence-corrected chi connectivity index (χ4v) is 4.17. The van der Waals surface area contributed by atoms with Gasteiger partial charge in [-0.2, -0.15) is 4.98 Å². The van der Waals surface area contributed by atoms with E-state index in [9.17, 15) is 9.59 Å². The molecule has 2 aromatic heterocycles. The highest BCUT2D eigenvalue weighted by Gasteiger charge is 2.25. The fraction of sp³-hybridized carbons (Fsp3) is 0.300. The molecule has 10 heteroatoms. The zero-order chi connectivity index (χ0) is 20.5. The van der Waals surface area contributed by atoms with Crippen LogP contribution in [0.3, 0.4) is 0 Å². The van der Waals surface area contributed by atoms with Gasteiger partial charge in [0.2, 0.25) is 11.7 Å². The number of thiophene rings is 1. The van der Waals surface area contributed by atoms with Crippen molar-refractivity contribution in [2.45, 2.75) is 6.54 Å². The molecule has 1 aromatic carbocycles. The third-order valence-electron chi connectivity index (χ3n) is 5.09. The Hall–Kier alpha value is -3.24. The van der Waals surface area contributed by atoms with Crippen molar-refractivity contribution >= 4 is 28.8 Å². The molecule has 0 radical (unpaired) electrons. The lowest BCUT2D eigenvalue weighted by Crippen LogP contribution is -2.48. The average molecular weight is 425 g/mol. The molecule has 3 aromatic rings. The summed E-state index contributed by atoms with van der Waals surface area (Å²) in [4.78, 5) is 33.8. The first-order chi connectivity index (χ1) is 14.7. The van der Waals surface area contributed by atoms with E-state index >= 15 is 0 Å². The van der Waals surface area contributed by atoms with Crippen LogP contribution >= 0.6 is 11.3 Å². The van der Waals surface area contributed by atoms with Crippen LogP contribution in [0, 0.1) is 0 Å². The normalized spacial score (nSPS) is 16.7. The van der Waals surface area contributed by atoms with Gasteiger partial charge in [0.25, 0.3) is 11.8 Å². The summed E-state index contributed by atoms with van der Waals surface area (Å²) in [6.07, 6.45) is 0. The van der Waals surface area contributed by atoms with E-state index in [1.54, 1.807) is 29.5 Å². The van der Waals surface area contributed by atoms with Crippen LogP contribution in [0.15, 0.2) is 40.2 Å². The van der Waals surface area contributed by atoms with Crippen molar-refractivity contribution in [1.29, 1.82) is 0 Å². The van der Waals surface area contributed by atoms with E-state index in [4.69, 9.17) is 9.26 Å². The summed E-state index contributed by atoms with van der Waals surface area (Å²) in [5.74, 6) is 1.48. The van der Waals surface area contributed by atoms with Crippen LogP contribution in [-0.2, 0) is 11.3 Å². The molecule has 1 N–H and O–H groups in total. The van der Waals surface area contributed by atoms with Gasteiger partial charge in [0.1, 0.15) is 5.75 Å². The van der Waals surface area contributed by atoms with Crippen molar-refractivity contribution in [2.24, 2.45) is 0 Å². The molecule has 30 heavy (non-hydrogen) atoms. The van der Waals surface area contributed by atoms with Gasteiger partial charge in [0.15, 0.2) is 6.61 Å². The monoisotopic (exact) mass is 425 g/mol. The SMILES string of the molecule is O=C1COc2ccc(C(=O)N3CCN(Cc4nc(-c5cccs5)no4)CC3)cc2N1. The predicted molar refractivity (Wildman–Crippen MR) is 109 cm³/mol. The molecule has 1 fully saturated rings. The molecule has 2 aliphatic heterocycles. The molecule has 2 amide bonds. The van der Waals surface area contributed by atoms with E-state index in [1.165, 1.54) is 0 Å². The Morgan fingerprint density at radius 1 is 1.20 bits per heavy atom. The summed E-state index contributed by atoms with van der Waals surface area (Å²) in [5, 5.41) is 8.76. The fourth-order valence-electron chi connectivity index (χ4n) is 3.52. The summed E-state index contributed by atoms with van der Waals surface area (Å²) in [5.41, 5.74) is 1.07. The lowest BCUT2D eigenvalue weighted by atomic mass is 10.1. The highest BCUT2D eigenvalue weighted by molar-refractivity contribution is 7.13. The lowest BCUT2D eigenvalue weighted by molar-refractivity contribution is -0.118. The second-order valence-electron chi connectivity index (χ2n) is 7.11. The molecular formula is C20H19N5O4S. The van der Waals surface area contributed by atoms with Crippen molar-refractivity contribution < 1.29 is 18.8 Å². The number of nitrogens with zero attached hydrogens (tertiary/aromatic N) is 4. The lowest BCUT2D eigenvalue weighted by Gasteiger charge is -2.34. The summed E-state index contributed by atoms with van der Waals surface area (Å²) in [6, 6.07) is 9.04. The molecule has 2 aliphatic rings. The van der Waals surface area contributed by atoms with Gasteiger partial charge in [0.05, 0.1) is 17.1 Å². The maximum atomic E-state index is 12.9. The number of hydrogen-bond acceptors (Lipinski definition) is 8. The molecular weight excluding hydrogens is 406 g/mol. The molecule has 0 spiro atoms. The number of hydrogen-bond donors (Lipinski definition) is 1. The van der Waals surface area contributed by atoms with E-state index in [1.807, 2.05) is 22.4 Å². The number of anilines is 1. The van der Waals surface area contributed by atoms with Gasteiger partial charge in [-0.3, -0.25) is 14.5 Å². The Morgan fingerprint density at radius 3 is 2.87 bits per heavy atom. The van der Waals surface area contributed by atoms with Crippen molar-refractivity contribution in [2.75, 3.05) is 38.1 Å². The van der Waals surface area contributed by atoms with Gasteiger partial charge >= 0.3 is 0 Å². The van der Waals surface area contributed by atoms with Gasteiger partial charge in [0, 0.05) is 31.7 Å². The third-order valence-corrected chi connectivity index (χ3v) is 5.95. The second kappa shape index (κ2) is 7.88. The third kappa shape index (κ3) is 3.79. The minimum absolute atomic E-state index is 0.00286.